The molecule has 0 aliphatic heterocycles. The lowest BCUT2D eigenvalue weighted by Gasteiger charge is -2.04. The Kier molecular flexibility index (Phi) is 4.36. The summed E-state index contributed by atoms with van der Waals surface area (Å²) in [5.74, 6) is -2.17. The van der Waals surface area contributed by atoms with Gasteiger partial charge in [-0.05, 0) is 25.0 Å². The molecule has 0 aromatic heterocycles. The molecule has 1 aromatic rings. The lowest BCUT2D eigenvalue weighted by molar-refractivity contribution is -0.129. The molecule has 0 saturated heterocycles. The molecule has 0 atom stereocenters. The summed E-state index contributed by atoms with van der Waals surface area (Å²) < 4.78 is 38.2. The molecule has 0 bridgehead atoms. The molecule has 19 heavy (non-hydrogen) atoms. The lowest BCUT2D eigenvalue weighted by Crippen LogP contribution is -2.17. The van der Waals surface area contributed by atoms with E-state index in [2.05, 4.69) is 0 Å². The van der Waals surface area contributed by atoms with Crippen molar-refractivity contribution >= 4 is 17.5 Å². The molecule has 5 heteroatoms. The SMILES string of the molecule is [2H]N(C(=O)C([2H])([2H])CCCCC([2H])([2H])C(=O)NO)c1ccccc1. The molecule has 0 aliphatic rings. The Bertz CT molecular complexity index is 569. The van der Waals surface area contributed by atoms with Crippen molar-refractivity contribution < 1.29 is 21.7 Å². The van der Waals surface area contributed by atoms with E-state index in [0.29, 0.717) is 5.31 Å². The molecule has 0 unspecified atom stereocenters. The van der Waals surface area contributed by atoms with E-state index in [1.54, 1.807) is 18.2 Å². The topological polar surface area (TPSA) is 78.4 Å². The van der Waals surface area contributed by atoms with Gasteiger partial charge < -0.3 is 5.31 Å². The van der Waals surface area contributed by atoms with Gasteiger partial charge >= 0.3 is 0 Å². The Hall–Kier alpha value is -1.88. The number of rotatable bonds is 8. The number of hydrogen-bond acceptors (Lipinski definition) is 3. The third-order valence-corrected chi connectivity index (χ3v) is 2.25. The fraction of sp³-hybridized carbons (Fsp3) is 0.429. The summed E-state index contributed by atoms with van der Waals surface area (Å²) >= 11 is 0. The van der Waals surface area contributed by atoms with Crippen molar-refractivity contribution in [2.45, 2.75) is 38.4 Å². The van der Waals surface area contributed by atoms with Crippen LogP contribution >= 0.6 is 0 Å². The van der Waals surface area contributed by atoms with Gasteiger partial charge in [0.05, 0.1) is 0 Å². The second-order valence-corrected chi connectivity index (χ2v) is 3.75. The number of carbonyl (C=O) groups is 2. The molecule has 0 fully saturated rings. The number of nitrogens with one attached hydrogen (secondary N) is 2. The summed E-state index contributed by atoms with van der Waals surface area (Å²) in [6.45, 7) is 0. The molecular weight excluding hydrogens is 244 g/mol. The Morgan fingerprint density at radius 1 is 1.05 bits per heavy atom. The average molecular weight is 269 g/mol. The maximum atomic E-state index is 12.1. The van der Waals surface area contributed by atoms with Gasteiger partial charge in [0, 0.05) is 23.9 Å². The number of amides is 2. The molecule has 3 N–H and O–H groups in total. The van der Waals surface area contributed by atoms with Gasteiger partial charge in [-0.15, -0.1) is 0 Å². The number of hydroxylamine groups is 1. The van der Waals surface area contributed by atoms with Crippen LogP contribution in [0.1, 0.15) is 43.9 Å². The van der Waals surface area contributed by atoms with Crippen LogP contribution in [0.2, 0.25) is 1.41 Å². The molecule has 0 spiro atoms. The van der Waals surface area contributed by atoms with Gasteiger partial charge in [0.1, 0.15) is 0 Å². The highest BCUT2D eigenvalue weighted by Gasteiger charge is 2.02. The molecule has 2 amide bonds. The second-order valence-electron chi connectivity index (χ2n) is 3.75. The van der Waals surface area contributed by atoms with Crippen molar-refractivity contribution in [1.29, 1.82) is 0 Å². The number of benzene rings is 1. The highest BCUT2D eigenvalue weighted by molar-refractivity contribution is 5.90. The number of para-hydroxylation sites is 1. The minimum atomic E-state index is -2.27. The normalized spacial score (nSPS) is 15.3. The molecule has 1 rings (SSSR count). The smallest absolute Gasteiger partial charge is 0.243 e. The third-order valence-electron chi connectivity index (χ3n) is 2.25. The lowest BCUT2D eigenvalue weighted by atomic mass is 10.1. The van der Waals surface area contributed by atoms with Gasteiger partial charge in [0.15, 0.2) is 1.41 Å². The van der Waals surface area contributed by atoms with Crippen molar-refractivity contribution in [3.63, 3.8) is 0 Å². The van der Waals surface area contributed by atoms with E-state index in [1.807, 2.05) is 0 Å². The summed E-state index contributed by atoms with van der Waals surface area (Å²) in [7, 11) is 0. The van der Waals surface area contributed by atoms with Gasteiger partial charge in [-0.2, -0.15) is 0 Å². The zero-order valence-corrected chi connectivity index (χ0v) is 10.4. The first kappa shape index (κ1) is 9.09. The van der Waals surface area contributed by atoms with Gasteiger partial charge in [0.25, 0.3) is 0 Å². The van der Waals surface area contributed by atoms with E-state index in [9.17, 15) is 9.59 Å². The van der Waals surface area contributed by atoms with Crippen molar-refractivity contribution in [3.8, 4) is 0 Å². The van der Waals surface area contributed by atoms with E-state index >= 15 is 0 Å². The number of unbranched alkanes of at least 4 members (excludes halogenated alkanes) is 1. The van der Waals surface area contributed by atoms with Crippen molar-refractivity contribution in [2.24, 2.45) is 0 Å². The van der Waals surface area contributed by atoms with Crippen LogP contribution in [0.25, 0.3) is 0 Å². The van der Waals surface area contributed by atoms with E-state index in [4.69, 9.17) is 12.1 Å². The Labute approximate surface area is 120 Å². The fourth-order valence-corrected chi connectivity index (χ4v) is 1.35. The van der Waals surface area contributed by atoms with Crippen LogP contribution in [0.4, 0.5) is 5.69 Å². The third kappa shape index (κ3) is 7.21. The Balaban J connectivity index is 2.54. The van der Waals surface area contributed by atoms with Crippen LogP contribution in [0, 0.1) is 0 Å². The highest BCUT2D eigenvalue weighted by Crippen LogP contribution is 2.09. The van der Waals surface area contributed by atoms with Crippen molar-refractivity contribution in [2.75, 3.05) is 5.31 Å². The minimum absolute atomic E-state index is 0.149. The van der Waals surface area contributed by atoms with Crippen LogP contribution < -0.4 is 10.8 Å². The van der Waals surface area contributed by atoms with Crippen LogP contribution in [-0.2, 0) is 9.59 Å². The predicted octanol–water partition coefficient (Wildman–Crippen LogP) is 2.47. The summed E-state index contributed by atoms with van der Waals surface area (Å²) in [5, 5.41) is 8.93. The van der Waals surface area contributed by atoms with Crippen LogP contribution in [0.3, 0.4) is 0 Å². The standard InChI is InChI=1S/C14H20N2O3/c17-13(15-12-8-4-3-5-9-12)10-6-1-2-7-11-14(18)16-19/h3-5,8-9,19H,1-2,6-7,10-11H2,(H,15,17)(H,16,18)/i10D2,11D2/hD. The van der Waals surface area contributed by atoms with Gasteiger partial charge in [-0.1, -0.05) is 31.0 Å². The monoisotopic (exact) mass is 269 g/mol. The maximum Gasteiger partial charge on any atom is 0.243 e. The fourth-order valence-electron chi connectivity index (χ4n) is 1.35. The summed E-state index contributed by atoms with van der Waals surface area (Å²) in [4.78, 5) is 23.2. The zero-order chi connectivity index (χ0) is 18.4. The van der Waals surface area contributed by atoms with Crippen molar-refractivity contribution in [3.05, 3.63) is 30.3 Å². The first-order chi connectivity index (χ1) is 11.1. The quantitative estimate of drug-likeness (QED) is 0.385. The largest absolute Gasteiger partial charge is 0.326 e. The van der Waals surface area contributed by atoms with Gasteiger partial charge in [-0.3, -0.25) is 14.8 Å². The molecule has 0 saturated carbocycles. The minimum Gasteiger partial charge on any atom is -0.326 e. The Morgan fingerprint density at radius 3 is 2.21 bits per heavy atom. The molecule has 0 radical (unpaired) electrons. The molecule has 1 aromatic carbocycles. The van der Waals surface area contributed by atoms with Gasteiger partial charge in [-0.25, -0.2) is 5.48 Å². The van der Waals surface area contributed by atoms with Gasteiger partial charge in [0.2, 0.25) is 11.8 Å². The van der Waals surface area contributed by atoms with Crippen LogP contribution in [-0.4, -0.2) is 17.0 Å². The second kappa shape index (κ2) is 9.10. The van der Waals surface area contributed by atoms with Crippen molar-refractivity contribution in [1.82, 2.24) is 5.48 Å². The molecule has 104 valence electrons. The molecule has 0 heterocycles. The first-order valence-corrected chi connectivity index (χ1v) is 5.95. The number of anilines is 1. The average Bonchev–Trinajstić information content (AvgIpc) is 2.57. The summed E-state index contributed by atoms with van der Waals surface area (Å²) in [6, 6.07) is 8.01. The first-order valence-electron chi connectivity index (χ1n) is 8.39. The number of hydrogen-bond donors (Lipinski definition) is 3. The molecule has 5 nitrogen and oxygen atoms in total. The predicted molar refractivity (Wildman–Crippen MR) is 72.7 cm³/mol. The van der Waals surface area contributed by atoms with E-state index in [1.165, 1.54) is 17.6 Å². The summed E-state index contributed by atoms with van der Waals surface area (Å²) in [6.07, 6.45) is -4.66. The van der Waals surface area contributed by atoms with E-state index < -0.39 is 24.6 Å². The highest BCUT2D eigenvalue weighted by atomic mass is 16.5. The van der Waals surface area contributed by atoms with E-state index in [-0.39, 0.29) is 31.4 Å². The molecule has 0 aliphatic carbocycles. The number of carbonyl (C=O) groups excluding carboxylic acids is 2. The van der Waals surface area contributed by atoms with Crippen LogP contribution in [0.5, 0.6) is 0 Å². The Morgan fingerprint density at radius 2 is 1.63 bits per heavy atom. The summed E-state index contributed by atoms with van der Waals surface area (Å²) in [5.41, 5.74) is 1.49. The molecular formula is C14H20N2O3. The van der Waals surface area contributed by atoms with E-state index in [0.717, 1.165) is 0 Å². The van der Waals surface area contributed by atoms with Crippen LogP contribution in [0.15, 0.2) is 30.3 Å². The zero-order valence-electron chi connectivity index (χ0n) is 15.4. The maximum absolute atomic E-state index is 12.1.